The van der Waals surface area contributed by atoms with Crippen molar-refractivity contribution in [3.05, 3.63) is 465 Å². The van der Waals surface area contributed by atoms with Gasteiger partial charge in [0.2, 0.25) is 0 Å². The van der Waals surface area contributed by atoms with Gasteiger partial charge in [-0.25, -0.2) is 0 Å². The molecule has 7 heteroatoms. The van der Waals surface area contributed by atoms with E-state index in [1.165, 1.54) is 22.3 Å². The molecule has 594 valence electrons. The summed E-state index contributed by atoms with van der Waals surface area (Å²) in [4.78, 5) is 5.43. The number of hydrogen-bond acceptors (Lipinski definition) is 6. The lowest BCUT2D eigenvalue weighted by Crippen LogP contribution is -2.61. The molecule has 0 amide bonds. The molecule has 1 aliphatic carbocycles. The summed E-state index contributed by atoms with van der Waals surface area (Å²) in [6.45, 7) is -0.511. The highest BCUT2D eigenvalue weighted by Gasteiger charge is 2.52. The van der Waals surface area contributed by atoms with Crippen molar-refractivity contribution in [2.45, 2.75) is 5.41 Å². The molecule has 0 saturated heterocycles. The second-order valence-electron chi connectivity index (χ2n) is 34.1. The van der Waals surface area contributed by atoms with Crippen molar-refractivity contribution >= 4 is 145 Å². The fraction of sp³-hybridized carbons (Fsp3) is 0.00826. The molecule has 0 atom stereocenters. The molecule has 3 aliphatic rings. The zero-order valence-corrected chi connectivity index (χ0v) is 69.3. The second-order valence-corrected chi connectivity index (χ2v) is 34.1. The summed E-state index contributed by atoms with van der Waals surface area (Å²) in [6, 6.07) is 164. The minimum atomic E-state index is -0.990. The smallest absolute Gasteiger partial charge is 0.252 e. The van der Waals surface area contributed by atoms with Gasteiger partial charge in [-0.3, -0.25) is 0 Å². The fourth-order valence-electron chi connectivity index (χ4n) is 22.2. The van der Waals surface area contributed by atoms with Crippen LogP contribution in [-0.2, 0) is 5.41 Å². The Bertz CT molecular complexity index is 7980. The van der Waals surface area contributed by atoms with E-state index in [0.717, 1.165) is 238 Å². The van der Waals surface area contributed by atoms with Gasteiger partial charge in [0.15, 0.2) is 0 Å². The Morgan fingerprint density at radius 2 is 0.445 bits per heavy atom. The third-order valence-corrected chi connectivity index (χ3v) is 27.6. The van der Waals surface area contributed by atoms with Crippen molar-refractivity contribution in [1.82, 2.24) is 0 Å². The number of hydrogen-bond donors (Lipinski definition) is 0. The maximum atomic E-state index is 7.41. The lowest BCUT2D eigenvalue weighted by Gasteiger charge is -2.47. The van der Waals surface area contributed by atoms with Crippen molar-refractivity contribution in [2.24, 2.45) is 0 Å². The van der Waals surface area contributed by atoms with E-state index < -0.39 is 12.1 Å². The average molecular weight is 1630 g/mol. The molecule has 0 fully saturated rings. The van der Waals surface area contributed by atoms with E-state index in [-0.39, 0.29) is 0 Å². The first kappa shape index (κ1) is 71.8. The van der Waals surface area contributed by atoms with Crippen LogP contribution in [0.1, 0.15) is 22.3 Å². The standard InChI is InChI=1S/C121H73BN2O4/c1-6-34-74(35-7-1)98-70-104-106(72-100(98)76-38-10-3-11-39-76)123(115-86(94-58-30-54-90-82-46-18-24-64-110(82)125-117(90)94)50-28-51-87(115)95-59-31-55-91-83-47-19-25-65-111(83)126-118(91)95)108-68-79(121(78-42-14-5-15-43-78)102-62-22-16-44-80(102)81-45-17-23-63-103(81)121)69-109-114(108)122(104)105-71-99(75-36-8-2-9-37-75)101(77-40-12-4-13-41-77)73-107(105)124(109)116-88(96-60-32-56-92-84-48-20-26-66-112(84)127-119(92)96)52-29-53-89(116)97-61-33-57-93-85-49-21-27-67-113(85)128-120(93)97/h1-73H. The molecule has 27 rings (SSSR count). The van der Waals surface area contributed by atoms with Crippen LogP contribution in [0.3, 0.4) is 0 Å². The number of rotatable bonds is 12. The molecule has 2 aliphatic heterocycles. The number of anilines is 6. The molecule has 0 saturated carbocycles. The van der Waals surface area contributed by atoms with E-state index in [4.69, 9.17) is 17.7 Å². The van der Waals surface area contributed by atoms with Gasteiger partial charge in [-0.2, -0.15) is 0 Å². The molecule has 0 spiro atoms. The molecule has 0 radical (unpaired) electrons. The number of fused-ring (bicyclic) bond motifs is 19. The maximum absolute atomic E-state index is 7.41. The Balaban J connectivity index is 0.894. The Hall–Kier alpha value is -16.7. The lowest BCUT2D eigenvalue weighted by atomic mass is 9.33. The van der Waals surface area contributed by atoms with Crippen LogP contribution < -0.4 is 26.2 Å². The molecule has 6 heterocycles. The molecule has 0 bridgehead atoms. The zero-order chi connectivity index (χ0) is 83.8. The third-order valence-electron chi connectivity index (χ3n) is 27.6. The van der Waals surface area contributed by atoms with Gasteiger partial charge in [-0.15, -0.1) is 0 Å². The van der Waals surface area contributed by atoms with Crippen LogP contribution >= 0.6 is 0 Å². The zero-order valence-electron chi connectivity index (χ0n) is 69.3. The SMILES string of the molecule is c1ccc(-c2cc3c(cc2-c2ccccc2)N(c2c(-c4cccc5c4oc4ccccc45)cccc2-c2cccc4c2oc2ccccc24)c2cc(C4(c5ccccc5)c5ccccc5-c5ccccc54)cc4c2B3c2cc(-c3ccccc3)c(-c3ccccc3)cc2N4c2c(-c3cccc4c3oc3ccccc34)cccc2-c2cccc3c2oc2ccccc23)cc1. The fourth-order valence-corrected chi connectivity index (χ4v) is 22.2. The third kappa shape index (κ3) is 10.5. The molecule has 0 N–H and O–H groups in total. The van der Waals surface area contributed by atoms with Crippen LogP contribution in [0, 0.1) is 0 Å². The summed E-state index contributed by atoms with van der Waals surface area (Å²) in [6.07, 6.45) is 0. The molecule has 128 heavy (non-hydrogen) atoms. The Labute approximate surface area is 738 Å². The number of benzene rings is 20. The Kier molecular flexibility index (Phi) is 15.8. The molecule has 20 aromatic carbocycles. The molecule has 6 nitrogen and oxygen atoms in total. The highest BCUT2D eigenvalue weighted by atomic mass is 16.3. The molecular formula is C121H73BN2O4. The number of nitrogens with zero attached hydrogens (tertiary/aromatic N) is 2. The second kappa shape index (κ2) is 28.1. The summed E-state index contributed by atoms with van der Waals surface area (Å²) in [5.74, 6) is 0. The molecule has 4 aromatic heterocycles. The van der Waals surface area contributed by atoms with Gasteiger partial charge in [0, 0.05) is 110 Å². The summed E-state index contributed by atoms with van der Waals surface area (Å²) < 4.78 is 29.6. The molecule has 24 aromatic rings. The van der Waals surface area contributed by atoms with E-state index in [9.17, 15) is 0 Å². The van der Waals surface area contributed by atoms with Crippen LogP contribution in [0.5, 0.6) is 0 Å². The maximum Gasteiger partial charge on any atom is 0.252 e. The van der Waals surface area contributed by atoms with Crippen LogP contribution in [0.2, 0.25) is 0 Å². The summed E-state index contributed by atoms with van der Waals surface area (Å²) in [5, 5.41) is 8.28. The summed E-state index contributed by atoms with van der Waals surface area (Å²) >= 11 is 0. The van der Waals surface area contributed by atoms with Crippen molar-refractivity contribution in [2.75, 3.05) is 9.80 Å². The minimum Gasteiger partial charge on any atom is -0.455 e. The quantitative estimate of drug-likeness (QED) is 0.114. The first-order valence-corrected chi connectivity index (χ1v) is 44.0. The minimum absolute atomic E-state index is 0.511. The topological polar surface area (TPSA) is 59.0 Å². The largest absolute Gasteiger partial charge is 0.455 e. The van der Waals surface area contributed by atoms with Crippen LogP contribution in [0.4, 0.5) is 34.1 Å². The van der Waals surface area contributed by atoms with Crippen LogP contribution in [0.15, 0.2) is 461 Å². The van der Waals surface area contributed by atoms with Crippen LogP contribution in [0.25, 0.3) is 188 Å². The van der Waals surface area contributed by atoms with E-state index >= 15 is 0 Å². The predicted octanol–water partition coefficient (Wildman–Crippen LogP) is 31.1. The van der Waals surface area contributed by atoms with Crippen molar-refractivity contribution < 1.29 is 17.7 Å². The molecular weight excluding hydrogens is 1560 g/mol. The highest BCUT2D eigenvalue weighted by molar-refractivity contribution is 7.00. The Morgan fingerprint density at radius 1 is 0.188 bits per heavy atom. The number of furan rings is 4. The predicted molar refractivity (Wildman–Crippen MR) is 530 cm³/mol. The van der Waals surface area contributed by atoms with Gasteiger partial charge in [0.25, 0.3) is 6.71 Å². The lowest BCUT2D eigenvalue weighted by molar-refractivity contribution is 0.669. The van der Waals surface area contributed by atoms with E-state index in [1.807, 2.05) is 0 Å². The van der Waals surface area contributed by atoms with Crippen molar-refractivity contribution in [3.63, 3.8) is 0 Å². The first-order valence-electron chi connectivity index (χ1n) is 44.0. The van der Waals surface area contributed by atoms with E-state index in [0.29, 0.717) is 0 Å². The van der Waals surface area contributed by atoms with Crippen molar-refractivity contribution in [3.8, 4) is 100 Å². The average Bonchev–Trinajstić information content (AvgIpc) is 1.30. The van der Waals surface area contributed by atoms with Crippen molar-refractivity contribution in [1.29, 1.82) is 0 Å². The Morgan fingerprint density at radius 3 is 0.781 bits per heavy atom. The van der Waals surface area contributed by atoms with Gasteiger partial charge in [0.05, 0.1) is 16.8 Å². The van der Waals surface area contributed by atoms with Gasteiger partial charge in [0.1, 0.15) is 44.7 Å². The summed E-state index contributed by atoms with van der Waals surface area (Å²) in [7, 11) is 0. The van der Waals surface area contributed by atoms with Gasteiger partial charge in [-0.1, -0.05) is 394 Å². The monoisotopic (exact) mass is 1630 g/mol. The normalized spacial score (nSPS) is 13.0. The highest BCUT2D eigenvalue weighted by Crippen LogP contribution is 2.62. The van der Waals surface area contributed by atoms with Gasteiger partial charge in [-0.05, 0) is 143 Å². The van der Waals surface area contributed by atoms with Gasteiger partial charge < -0.3 is 27.5 Å². The summed E-state index contributed by atoms with van der Waals surface area (Å²) in [5.41, 5.74) is 37.9. The number of para-hydroxylation sites is 10. The first-order chi connectivity index (χ1) is 63.5. The molecule has 0 unspecified atom stereocenters. The van der Waals surface area contributed by atoms with E-state index in [1.54, 1.807) is 0 Å². The van der Waals surface area contributed by atoms with Crippen LogP contribution in [-0.4, -0.2) is 6.71 Å². The van der Waals surface area contributed by atoms with Gasteiger partial charge >= 0.3 is 0 Å². The van der Waals surface area contributed by atoms with E-state index in [2.05, 4.69) is 453 Å².